The smallest absolute Gasteiger partial charge is 0.420 e. The van der Waals surface area contributed by atoms with Crippen LogP contribution in [-0.4, -0.2) is 41.3 Å². The van der Waals surface area contributed by atoms with Gasteiger partial charge in [0.2, 0.25) is 0 Å². The largest absolute Gasteiger partial charge is 0.490 e. The molecule has 4 rings (SSSR count). The molecule has 0 aromatic heterocycles. The first-order valence-corrected chi connectivity index (χ1v) is 13.2. The topological polar surface area (TPSA) is 49.8 Å². The van der Waals surface area contributed by atoms with Gasteiger partial charge in [-0.1, -0.05) is 25.1 Å². The number of aliphatic carboxylic acids is 1. The van der Waals surface area contributed by atoms with Gasteiger partial charge in [-0.25, -0.2) is 0 Å². The molecule has 2 atom stereocenters. The summed E-state index contributed by atoms with van der Waals surface area (Å²) in [5.41, 5.74) is -0.0460. The zero-order valence-corrected chi connectivity index (χ0v) is 21.2. The molecule has 1 saturated carbocycles. The van der Waals surface area contributed by atoms with Crippen molar-refractivity contribution in [3.05, 3.63) is 41.5 Å². The fourth-order valence-electron chi connectivity index (χ4n) is 6.11. The molecule has 2 aromatic carbocycles. The number of carbonyl (C=O) groups is 1. The molecule has 0 amide bonds. The second-order valence-corrected chi connectivity index (χ2v) is 10.6. The summed E-state index contributed by atoms with van der Waals surface area (Å²) < 4.78 is 87.3. The lowest BCUT2D eigenvalue weighted by Crippen LogP contribution is -2.38. The van der Waals surface area contributed by atoms with E-state index in [0.717, 1.165) is 31.4 Å². The van der Waals surface area contributed by atoms with E-state index in [4.69, 9.17) is 4.74 Å². The standard InChI is InChI=1S/C28H33F6NO3/c1-2-23(35-13-3-4-17(16-35)14-25(36)37)19-5-11-22-18(15-19)6-12-24(26(22)28(32,33)34)38-21-9-7-20(8-10-21)27(29,30)31/h5-6,11-12,15,17,20-21,23H,2-4,7-10,13-14,16H2,1H3,(H,36,37)/t17?,20?,21?,23-/m0/s1. The van der Waals surface area contributed by atoms with Crippen LogP contribution >= 0.6 is 0 Å². The van der Waals surface area contributed by atoms with E-state index in [-0.39, 0.29) is 55.2 Å². The highest BCUT2D eigenvalue weighted by molar-refractivity contribution is 5.89. The van der Waals surface area contributed by atoms with Crippen LogP contribution in [0.15, 0.2) is 30.3 Å². The first kappa shape index (κ1) is 28.5. The lowest BCUT2D eigenvalue weighted by Gasteiger charge is -2.38. The van der Waals surface area contributed by atoms with Crippen molar-refractivity contribution in [2.24, 2.45) is 11.8 Å². The molecule has 2 fully saturated rings. The summed E-state index contributed by atoms with van der Waals surface area (Å²) in [5, 5.41) is 9.57. The summed E-state index contributed by atoms with van der Waals surface area (Å²) in [4.78, 5) is 13.4. The monoisotopic (exact) mass is 545 g/mol. The number of benzene rings is 2. The van der Waals surface area contributed by atoms with Gasteiger partial charge in [0.1, 0.15) is 11.3 Å². The van der Waals surface area contributed by atoms with E-state index in [0.29, 0.717) is 11.9 Å². The number of rotatable bonds is 7. The van der Waals surface area contributed by atoms with Gasteiger partial charge in [-0.3, -0.25) is 9.69 Å². The molecule has 210 valence electrons. The molecule has 0 bridgehead atoms. The van der Waals surface area contributed by atoms with E-state index < -0.39 is 35.9 Å². The first-order chi connectivity index (χ1) is 17.9. The average Bonchev–Trinajstić information content (AvgIpc) is 2.83. The van der Waals surface area contributed by atoms with E-state index in [1.54, 1.807) is 18.2 Å². The SMILES string of the molecule is CC[C@@H](c1ccc2c(C(F)(F)F)c(OC3CCC(C(F)(F)F)CC3)ccc2c1)N1CCCC(CC(=O)O)C1. The van der Waals surface area contributed by atoms with Crippen molar-refractivity contribution in [2.45, 2.75) is 82.8 Å². The summed E-state index contributed by atoms with van der Waals surface area (Å²) in [7, 11) is 0. The maximum absolute atomic E-state index is 14.2. The predicted octanol–water partition coefficient (Wildman–Crippen LogP) is 8.00. The summed E-state index contributed by atoms with van der Waals surface area (Å²) in [6, 6.07) is 7.67. The number of piperidine rings is 1. The third kappa shape index (κ3) is 6.55. The van der Waals surface area contributed by atoms with Crippen LogP contribution in [0.25, 0.3) is 10.8 Å². The highest BCUT2D eigenvalue weighted by Crippen LogP contribution is 2.44. The Hall–Kier alpha value is -2.49. The third-order valence-corrected chi connectivity index (χ3v) is 7.95. The quantitative estimate of drug-likeness (QED) is 0.358. The molecule has 1 heterocycles. The Balaban J connectivity index is 1.58. The van der Waals surface area contributed by atoms with Gasteiger partial charge in [-0.2, -0.15) is 26.3 Å². The first-order valence-electron chi connectivity index (χ1n) is 13.2. The van der Waals surface area contributed by atoms with Crippen LogP contribution in [0.3, 0.4) is 0 Å². The van der Waals surface area contributed by atoms with Crippen LogP contribution in [0.2, 0.25) is 0 Å². The maximum atomic E-state index is 14.2. The van der Waals surface area contributed by atoms with Gasteiger partial charge in [-0.15, -0.1) is 0 Å². The average molecular weight is 546 g/mol. The second-order valence-electron chi connectivity index (χ2n) is 10.6. The minimum atomic E-state index is -4.71. The Bertz CT molecular complexity index is 1120. The molecule has 38 heavy (non-hydrogen) atoms. The van der Waals surface area contributed by atoms with Gasteiger partial charge in [-0.05, 0) is 85.9 Å². The molecular weight excluding hydrogens is 512 g/mol. The number of carboxylic acid groups (broad SMARTS) is 1. The summed E-state index contributed by atoms with van der Waals surface area (Å²) in [6.45, 7) is 3.42. The second kappa shape index (κ2) is 11.3. The van der Waals surface area contributed by atoms with Crippen molar-refractivity contribution in [3.8, 4) is 5.75 Å². The summed E-state index contributed by atoms with van der Waals surface area (Å²) in [6.07, 6.45) is -7.40. The fraction of sp³-hybridized carbons (Fsp3) is 0.607. The Labute approximate surface area is 217 Å². The zero-order valence-electron chi connectivity index (χ0n) is 21.2. The summed E-state index contributed by atoms with van der Waals surface area (Å²) in [5.74, 6) is -2.58. The predicted molar refractivity (Wildman–Crippen MR) is 131 cm³/mol. The zero-order chi connectivity index (χ0) is 27.7. The number of ether oxygens (including phenoxy) is 1. The van der Waals surface area contributed by atoms with Gasteiger partial charge in [0.25, 0.3) is 0 Å². The minimum Gasteiger partial charge on any atom is -0.490 e. The van der Waals surface area contributed by atoms with Gasteiger partial charge in [0, 0.05) is 19.0 Å². The molecule has 1 N–H and O–H groups in total. The Kier molecular flexibility index (Phi) is 8.49. The van der Waals surface area contributed by atoms with Crippen molar-refractivity contribution in [1.82, 2.24) is 4.90 Å². The van der Waals surface area contributed by atoms with Crippen LogP contribution in [0.1, 0.15) is 75.5 Å². The molecule has 10 heteroatoms. The van der Waals surface area contributed by atoms with Crippen molar-refractivity contribution >= 4 is 16.7 Å². The number of halogens is 6. The highest BCUT2D eigenvalue weighted by atomic mass is 19.4. The number of nitrogens with zero attached hydrogens (tertiary/aromatic N) is 1. The molecule has 1 unspecified atom stereocenters. The van der Waals surface area contributed by atoms with E-state index in [1.807, 2.05) is 6.92 Å². The lowest BCUT2D eigenvalue weighted by atomic mass is 9.87. The number of likely N-dealkylation sites (tertiary alicyclic amines) is 1. The lowest BCUT2D eigenvalue weighted by molar-refractivity contribution is -0.185. The van der Waals surface area contributed by atoms with E-state index in [2.05, 4.69) is 4.90 Å². The van der Waals surface area contributed by atoms with Gasteiger partial charge in [0.05, 0.1) is 12.0 Å². The molecule has 0 spiro atoms. The maximum Gasteiger partial charge on any atom is 0.420 e. The van der Waals surface area contributed by atoms with Crippen LogP contribution < -0.4 is 4.74 Å². The Morgan fingerprint density at radius 1 is 1.05 bits per heavy atom. The van der Waals surface area contributed by atoms with Crippen molar-refractivity contribution < 1.29 is 41.0 Å². The van der Waals surface area contributed by atoms with Crippen LogP contribution in [0.4, 0.5) is 26.3 Å². The van der Waals surface area contributed by atoms with Crippen LogP contribution in [0.5, 0.6) is 5.75 Å². The molecule has 2 aliphatic rings. The van der Waals surface area contributed by atoms with Crippen LogP contribution in [-0.2, 0) is 11.0 Å². The molecule has 1 aliphatic carbocycles. The molecule has 0 radical (unpaired) electrons. The molecule has 4 nitrogen and oxygen atoms in total. The third-order valence-electron chi connectivity index (χ3n) is 7.95. The molecule has 1 aliphatic heterocycles. The number of hydrogen-bond donors (Lipinski definition) is 1. The normalized spacial score (nSPS) is 24.3. The van der Waals surface area contributed by atoms with E-state index in [1.165, 1.54) is 12.1 Å². The Morgan fingerprint density at radius 3 is 2.37 bits per heavy atom. The van der Waals surface area contributed by atoms with E-state index >= 15 is 0 Å². The van der Waals surface area contributed by atoms with Crippen molar-refractivity contribution in [1.29, 1.82) is 0 Å². The van der Waals surface area contributed by atoms with Crippen LogP contribution in [0, 0.1) is 11.8 Å². The molecule has 1 saturated heterocycles. The molecular formula is C28H33F6NO3. The van der Waals surface area contributed by atoms with Gasteiger partial charge < -0.3 is 9.84 Å². The van der Waals surface area contributed by atoms with Crippen molar-refractivity contribution in [3.63, 3.8) is 0 Å². The van der Waals surface area contributed by atoms with Crippen molar-refractivity contribution in [2.75, 3.05) is 13.1 Å². The highest BCUT2D eigenvalue weighted by Gasteiger charge is 2.43. The molecule has 2 aromatic rings. The van der Waals surface area contributed by atoms with Gasteiger partial charge in [0.15, 0.2) is 0 Å². The fourth-order valence-corrected chi connectivity index (χ4v) is 6.11. The number of alkyl halides is 6. The number of carboxylic acids is 1. The Morgan fingerprint density at radius 2 is 1.76 bits per heavy atom. The van der Waals surface area contributed by atoms with Gasteiger partial charge >= 0.3 is 18.3 Å². The number of hydrogen-bond acceptors (Lipinski definition) is 3. The minimum absolute atomic E-state index is 0.0139. The van der Waals surface area contributed by atoms with E-state index in [9.17, 15) is 36.2 Å². The number of fused-ring (bicyclic) bond motifs is 1. The summed E-state index contributed by atoms with van der Waals surface area (Å²) >= 11 is 0.